The van der Waals surface area contributed by atoms with Crippen molar-refractivity contribution in [2.24, 2.45) is 5.92 Å². The van der Waals surface area contributed by atoms with Gasteiger partial charge in [0.2, 0.25) is 0 Å². The maximum absolute atomic E-state index is 10.8. The summed E-state index contributed by atoms with van der Waals surface area (Å²) >= 11 is 6.26. The monoisotopic (exact) mass is 412 g/mol. The van der Waals surface area contributed by atoms with Crippen LogP contribution in [0.4, 0.5) is 0 Å². The Morgan fingerprint density at radius 3 is 2.64 bits per heavy atom. The molecular formula is C17H27Cl3N2O3. The second-order valence-corrected chi connectivity index (χ2v) is 6.95. The van der Waals surface area contributed by atoms with Crippen LogP contribution in [0.3, 0.4) is 0 Å². The Bertz CT molecular complexity index is 576. The van der Waals surface area contributed by atoms with Crippen molar-refractivity contribution in [1.82, 2.24) is 10.2 Å². The summed E-state index contributed by atoms with van der Waals surface area (Å²) in [4.78, 5) is 2.37. The van der Waals surface area contributed by atoms with Crippen LogP contribution in [0.15, 0.2) is 12.1 Å². The minimum Gasteiger partial charge on any atom is -0.496 e. The third kappa shape index (κ3) is 4.85. The molecule has 1 aromatic carbocycles. The molecule has 2 N–H and O–H groups in total. The molecule has 0 radical (unpaired) electrons. The minimum atomic E-state index is -0.497. The summed E-state index contributed by atoms with van der Waals surface area (Å²) in [6.07, 6.45) is 1.68. The molecule has 0 aromatic heterocycles. The fourth-order valence-electron chi connectivity index (χ4n) is 3.72. The van der Waals surface area contributed by atoms with Gasteiger partial charge in [-0.15, -0.1) is 24.8 Å². The summed E-state index contributed by atoms with van der Waals surface area (Å²) in [7, 11) is 3.26. The molecule has 2 aliphatic heterocycles. The molecule has 8 heteroatoms. The first-order chi connectivity index (χ1) is 11.1. The smallest absolute Gasteiger partial charge is 0.141 e. The van der Waals surface area contributed by atoms with Crippen molar-refractivity contribution in [3.8, 4) is 11.5 Å². The number of likely N-dealkylation sites (tertiary alicyclic amines) is 1. The molecule has 0 bridgehead atoms. The fourth-order valence-corrected chi connectivity index (χ4v) is 3.99. The highest BCUT2D eigenvalue weighted by atomic mass is 35.5. The van der Waals surface area contributed by atoms with E-state index in [1.165, 1.54) is 0 Å². The fraction of sp³-hybridized carbons (Fsp3) is 0.647. The second-order valence-electron chi connectivity index (χ2n) is 6.54. The number of piperidine rings is 2. The van der Waals surface area contributed by atoms with Crippen LogP contribution in [0.2, 0.25) is 5.02 Å². The maximum atomic E-state index is 10.8. The number of fused-ring (bicyclic) bond motifs is 1. The van der Waals surface area contributed by atoms with Gasteiger partial charge in [0.25, 0.3) is 0 Å². The van der Waals surface area contributed by atoms with E-state index in [4.69, 9.17) is 21.1 Å². The van der Waals surface area contributed by atoms with E-state index in [1.807, 2.05) is 12.1 Å². The third-order valence-corrected chi connectivity index (χ3v) is 5.47. The molecule has 0 amide bonds. The summed E-state index contributed by atoms with van der Waals surface area (Å²) in [6, 6.07) is 3.75. The lowest BCUT2D eigenvalue weighted by Gasteiger charge is -2.47. The van der Waals surface area contributed by atoms with Crippen LogP contribution in [0.25, 0.3) is 0 Å². The molecule has 2 atom stereocenters. The zero-order chi connectivity index (χ0) is 16.4. The molecule has 5 nitrogen and oxygen atoms in total. The molecule has 144 valence electrons. The van der Waals surface area contributed by atoms with Crippen LogP contribution in [0.1, 0.15) is 18.4 Å². The van der Waals surface area contributed by atoms with E-state index < -0.39 is 5.60 Å². The van der Waals surface area contributed by atoms with Crippen LogP contribution in [0.5, 0.6) is 11.5 Å². The lowest BCUT2D eigenvalue weighted by atomic mass is 9.76. The topological polar surface area (TPSA) is 54.0 Å². The summed E-state index contributed by atoms with van der Waals surface area (Å²) in [5, 5.41) is 14.7. The highest BCUT2D eigenvalue weighted by molar-refractivity contribution is 6.32. The van der Waals surface area contributed by atoms with Gasteiger partial charge in [-0.1, -0.05) is 11.6 Å². The first-order valence-corrected chi connectivity index (χ1v) is 8.49. The number of benzene rings is 1. The Kier molecular flexibility index (Phi) is 8.58. The molecule has 0 spiro atoms. The summed E-state index contributed by atoms with van der Waals surface area (Å²) in [6.45, 7) is 4.33. The Balaban J connectivity index is 0.00000156. The van der Waals surface area contributed by atoms with Gasteiger partial charge in [-0.3, -0.25) is 4.90 Å². The minimum absolute atomic E-state index is 0. The molecule has 25 heavy (non-hydrogen) atoms. The van der Waals surface area contributed by atoms with Crippen LogP contribution < -0.4 is 14.8 Å². The summed E-state index contributed by atoms with van der Waals surface area (Å²) in [5.74, 6) is 1.69. The van der Waals surface area contributed by atoms with Crippen molar-refractivity contribution in [3.05, 3.63) is 22.7 Å². The molecular weight excluding hydrogens is 387 g/mol. The Labute approximate surface area is 166 Å². The highest BCUT2D eigenvalue weighted by Gasteiger charge is 2.42. The molecule has 1 aromatic rings. The van der Waals surface area contributed by atoms with Crippen molar-refractivity contribution in [2.45, 2.75) is 25.0 Å². The Morgan fingerprint density at radius 1 is 1.24 bits per heavy atom. The van der Waals surface area contributed by atoms with Gasteiger partial charge in [0, 0.05) is 43.7 Å². The van der Waals surface area contributed by atoms with Gasteiger partial charge >= 0.3 is 0 Å². The van der Waals surface area contributed by atoms with Crippen LogP contribution in [-0.4, -0.2) is 56.0 Å². The van der Waals surface area contributed by atoms with Crippen molar-refractivity contribution in [3.63, 3.8) is 0 Å². The van der Waals surface area contributed by atoms with Crippen LogP contribution >= 0.6 is 36.4 Å². The van der Waals surface area contributed by atoms with E-state index in [9.17, 15) is 5.11 Å². The van der Waals surface area contributed by atoms with Crippen LogP contribution in [0, 0.1) is 5.92 Å². The number of aliphatic hydroxyl groups is 1. The number of nitrogens with zero attached hydrogens (tertiary/aromatic N) is 1. The van der Waals surface area contributed by atoms with E-state index in [0.29, 0.717) is 10.8 Å². The zero-order valence-corrected chi connectivity index (χ0v) is 17.0. The van der Waals surface area contributed by atoms with Crippen molar-refractivity contribution in [1.29, 1.82) is 0 Å². The number of methoxy groups -OCH3 is 2. The molecule has 0 unspecified atom stereocenters. The highest BCUT2D eigenvalue weighted by Crippen LogP contribution is 2.36. The van der Waals surface area contributed by atoms with Crippen molar-refractivity contribution < 1.29 is 14.6 Å². The SMILES string of the molecule is COc1cc(OC)c(CN2CC[C@@]3(O)CCNC[C@H]3C2)cc1Cl.Cl.Cl. The van der Waals surface area contributed by atoms with E-state index in [0.717, 1.165) is 56.9 Å². The number of halogens is 3. The first kappa shape index (κ1) is 22.6. The average molecular weight is 414 g/mol. The second kappa shape index (κ2) is 9.49. The Morgan fingerprint density at radius 2 is 1.96 bits per heavy atom. The van der Waals surface area contributed by atoms with E-state index >= 15 is 0 Å². The average Bonchev–Trinajstić information content (AvgIpc) is 2.55. The standard InChI is InChI=1S/C17H25ClN2O3.2ClH/c1-22-15-8-16(23-2)14(18)7-12(15)10-20-6-4-17(21)3-5-19-9-13(17)11-20;;/h7-8,13,19,21H,3-6,9-11H2,1-2H3;2*1H/t13-,17-;;/m0../s1. The number of rotatable bonds is 4. The molecule has 0 aliphatic carbocycles. The third-order valence-electron chi connectivity index (χ3n) is 5.17. The predicted octanol–water partition coefficient (Wildman–Crippen LogP) is 2.75. The van der Waals surface area contributed by atoms with Gasteiger partial charge in [-0.2, -0.15) is 0 Å². The van der Waals surface area contributed by atoms with Gasteiger partial charge in [0.1, 0.15) is 11.5 Å². The number of hydrogen-bond acceptors (Lipinski definition) is 5. The molecule has 2 saturated heterocycles. The van der Waals surface area contributed by atoms with Gasteiger partial charge < -0.3 is 19.9 Å². The quantitative estimate of drug-likeness (QED) is 0.795. The number of ether oxygens (including phenoxy) is 2. The van der Waals surface area contributed by atoms with Crippen molar-refractivity contribution >= 4 is 36.4 Å². The van der Waals surface area contributed by atoms with Gasteiger partial charge in [-0.25, -0.2) is 0 Å². The predicted molar refractivity (Wildman–Crippen MR) is 105 cm³/mol. The number of hydrogen-bond donors (Lipinski definition) is 2. The molecule has 0 saturated carbocycles. The van der Waals surface area contributed by atoms with Gasteiger partial charge in [0.15, 0.2) is 0 Å². The van der Waals surface area contributed by atoms with Crippen molar-refractivity contribution in [2.75, 3.05) is 40.4 Å². The molecule has 3 rings (SSSR count). The van der Waals surface area contributed by atoms with E-state index in [-0.39, 0.29) is 30.7 Å². The van der Waals surface area contributed by atoms with E-state index in [2.05, 4.69) is 10.2 Å². The number of nitrogens with one attached hydrogen (secondary N) is 1. The van der Waals surface area contributed by atoms with Gasteiger partial charge in [-0.05, 0) is 25.5 Å². The summed E-state index contributed by atoms with van der Waals surface area (Å²) in [5.41, 5.74) is 0.552. The van der Waals surface area contributed by atoms with Crippen LogP contribution in [-0.2, 0) is 6.54 Å². The first-order valence-electron chi connectivity index (χ1n) is 8.11. The van der Waals surface area contributed by atoms with Gasteiger partial charge in [0.05, 0.1) is 24.8 Å². The largest absolute Gasteiger partial charge is 0.496 e. The lowest BCUT2D eigenvalue weighted by molar-refractivity contribution is -0.0900. The zero-order valence-electron chi connectivity index (χ0n) is 14.6. The normalized spacial score (nSPS) is 26.0. The molecule has 2 aliphatic rings. The maximum Gasteiger partial charge on any atom is 0.141 e. The molecule has 2 fully saturated rings. The Hall–Kier alpha value is -0.430. The lowest BCUT2D eigenvalue weighted by Crippen LogP contribution is -2.58. The van der Waals surface area contributed by atoms with E-state index in [1.54, 1.807) is 14.2 Å². The summed E-state index contributed by atoms with van der Waals surface area (Å²) < 4.78 is 10.7. The molecule has 2 heterocycles.